The molecule has 1 aromatic heterocycles. The fraction of sp³-hybridized carbons (Fsp3) is 0.727. The Morgan fingerprint density at radius 2 is 2.33 bits per heavy atom. The smallest absolute Gasteiger partial charge is 0.0662 e. The van der Waals surface area contributed by atoms with Gasteiger partial charge in [0, 0.05) is 24.4 Å². The quantitative estimate of drug-likeness (QED) is 0.696. The van der Waals surface area contributed by atoms with E-state index in [1.165, 1.54) is 5.56 Å². The molecule has 0 amide bonds. The van der Waals surface area contributed by atoms with Crippen molar-refractivity contribution < 1.29 is 4.74 Å². The van der Waals surface area contributed by atoms with Crippen LogP contribution in [-0.2, 0) is 11.3 Å². The summed E-state index contributed by atoms with van der Waals surface area (Å²) in [5.41, 5.74) is 1.25. The summed E-state index contributed by atoms with van der Waals surface area (Å²) in [4.78, 5) is 0. The van der Waals surface area contributed by atoms with Crippen LogP contribution in [0.3, 0.4) is 0 Å². The molecule has 1 rings (SSSR count). The molecule has 4 nitrogen and oxygen atoms in total. The first kappa shape index (κ1) is 12.2. The second-order valence-corrected chi connectivity index (χ2v) is 3.48. The first-order valence-corrected chi connectivity index (χ1v) is 5.59. The molecule has 1 aromatic rings. The third kappa shape index (κ3) is 3.64. The van der Waals surface area contributed by atoms with E-state index in [4.69, 9.17) is 4.74 Å². The Morgan fingerprint density at radius 3 is 2.93 bits per heavy atom. The van der Waals surface area contributed by atoms with Crippen molar-refractivity contribution in [3.05, 3.63) is 18.0 Å². The standard InChI is InChI=1S/C11H21N3O/c1-4-11(12-3)10-8-13-14(9-10)6-7-15-5-2/h8-9,11-12H,4-7H2,1-3H3. The van der Waals surface area contributed by atoms with Crippen LogP contribution < -0.4 is 5.32 Å². The van der Waals surface area contributed by atoms with E-state index < -0.39 is 0 Å². The summed E-state index contributed by atoms with van der Waals surface area (Å²) in [6, 6.07) is 0.408. The van der Waals surface area contributed by atoms with Gasteiger partial charge in [0.25, 0.3) is 0 Å². The van der Waals surface area contributed by atoms with Crippen LogP contribution in [0.2, 0.25) is 0 Å². The van der Waals surface area contributed by atoms with Gasteiger partial charge in [-0.25, -0.2) is 0 Å². The number of nitrogens with one attached hydrogen (secondary N) is 1. The highest BCUT2D eigenvalue weighted by Gasteiger charge is 2.08. The molecule has 0 aliphatic rings. The van der Waals surface area contributed by atoms with E-state index in [1.54, 1.807) is 0 Å². The number of rotatable bonds is 7. The third-order valence-corrected chi connectivity index (χ3v) is 2.48. The average Bonchev–Trinajstić information content (AvgIpc) is 2.69. The lowest BCUT2D eigenvalue weighted by atomic mass is 10.1. The van der Waals surface area contributed by atoms with Gasteiger partial charge in [-0.2, -0.15) is 5.10 Å². The molecular formula is C11H21N3O. The Kier molecular flexibility index (Phi) is 5.36. The van der Waals surface area contributed by atoms with Crippen LogP contribution in [0.15, 0.2) is 12.4 Å². The van der Waals surface area contributed by atoms with E-state index >= 15 is 0 Å². The van der Waals surface area contributed by atoms with Crippen LogP contribution in [0.5, 0.6) is 0 Å². The fourth-order valence-corrected chi connectivity index (χ4v) is 1.59. The molecule has 0 radical (unpaired) electrons. The zero-order valence-electron chi connectivity index (χ0n) is 9.86. The largest absolute Gasteiger partial charge is 0.380 e. The maximum Gasteiger partial charge on any atom is 0.0662 e. The van der Waals surface area contributed by atoms with Crippen molar-refractivity contribution >= 4 is 0 Å². The van der Waals surface area contributed by atoms with Crippen molar-refractivity contribution in [1.29, 1.82) is 0 Å². The van der Waals surface area contributed by atoms with E-state index in [1.807, 2.05) is 24.9 Å². The van der Waals surface area contributed by atoms with Gasteiger partial charge in [0.05, 0.1) is 19.3 Å². The molecule has 4 heteroatoms. The molecule has 0 aromatic carbocycles. The minimum absolute atomic E-state index is 0.408. The van der Waals surface area contributed by atoms with Gasteiger partial charge in [-0.3, -0.25) is 4.68 Å². The molecule has 0 bridgehead atoms. The van der Waals surface area contributed by atoms with Crippen molar-refractivity contribution in [3.63, 3.8) is 0 Å². The SMILES string of the molecule is CCOCCn1cc(C(CC)NC)cn1. The summed E-state index contributed by atoms with van der Waals surface area (Å²) in [5, 5.41) is 7.57. The highest BCUT2D eigenvalue weighted by molar-refractivity contribution is 5.09. The van der Waals surface area contributed by atoms with E-state index in [-0.39, 0.29) is 0 Å². The summed E-state index contributed by atoms with van der Waals surface area (Å²) in [6.07, 6.45) is 5.09. The maximum atomic E-state index is 5.28. The first-order chi connectivity index (χ1) is 7.31. The molecule has 1 heterocycles. The van der Waals surface area contributed by atoms with Crippen LogP contribution in [0.4, 0.5) is 0 Å². The molecule has 0 saturated carbocycles. The molecule has 86 valence electrons. The van der Waals surface area contributed by atoms with Crippen LogP contribution in [-0.4, -0.2) is 30.0 Å². The third-order valence-electron chi connectivity index (χ3n) is 2.48. The molecule has 0 saturated heterocycles. The van der Waals surface area contributed by atoms with E-state index in [0.29, 0.717) is 6.04 Å². The normalized spacial score (nSPS) is 13.0. The van der Waals surface area contributed by atoms with Gasteiger partial charge in [0.2, 0.25) is 0 Å². The summed E-state index contributed by atoms with van der Waals surface area (Å²) in [5.74, 6) is 0. The van der Waals surface area contributed by atoms with E-state index in [9.17, 15) is 0 Å². The predicted molar refractivity (Wildman–Crippen MR) is 60.8 cm³/mol. The van der Waals surface area contributed by atoms with Gasteiger partial charge in [0.15, 0.2) is 0 Å². The lowest BCUT2D eigenvalue weighted by Gasteiger charge is -2.10. The van der Waals surface area contributed by atoms with Gasteiger partial charge >= 0.3 is 0 Å². The Morgan fingerprint density at radius 1 is 1.53 bits per heavy atom. The number of hydrogen-bond acceptors (Lipinski definition) is 3. The second-order valence-electron chi connectivity index (χ2n) is 3.48. The molecule has 1 atom stereocenters. The molecule has 0 fully saturated rings. The first-order valence-electron chi connectivity index (χ1n) is 5.59. The zero-order chi connectivity index (χ0) is 11.1. The highest BCUT2D eigenvalue weighted by Crippen LogP contribution is 2.14. The van der Waals surface area contributed by atoms with Crippen LogP contribution in [0, 0.1) is 0 Å². The average molecular weight is 211 g/mol. The topological polar surface area (TPSA) is 39.1 Å². The van der Waals surface area contributed by atoms with Crippen molar-refractivity contribution in [3.8, 4) is 0 Å². The van der Waals surface area contributed by atoms with E-state index in [0.717, 1.165) is 26.2 Å². The van der Waals surface area contributed by atoms with Gasteiger partial charge in [-0.05, 0) is 20.4 Å². The molecular weight excluding hydrogens is 190 g/mol. The molecule has 1 unspecified atom stereocenters. The van der Waals surface area contributed by atoms with Gasteiger partial charge in [-0.15, -0.1) is 0 Å². The van der Waals surface area contributed by atoms with Crippen molar-refractivity contribution in [2.24, 2.45) is 0 Å². The number of ether oxygens (including phenoxy) is 1. The zero-order valence-corrected chi connectivity index (χ0v) is 9.86. The Bertz CT molecular complexity index is 269. The van der Waals surface area contributed by atoms with Crippen LogP contribution in [0.1, 0.15) is 31.9 Å². The molecule has 1 N–H and O–H groups in total. The summed E-state index contributed by atoms with van der Waals surface area (Å²) in [6.45, 7) is 6.49. The minimum atomic E-state index is 0.408. The lowest BCUT2D eigenvalue weighted by molar-refractivity contribution is 0.136. The Balaban J connectivity index is 2.47. The van der Waals surface area contributed by atoms with Crippen molar-refractivity contribution in [1.82, 2.24) is 15.1 Å². The van der Waals surface area contributed by atoms with E-state index in [2.05, 4.69) is 23.5 Å². The predicted octanol–water partition coefficient (Wildman–Crippen LogP) is 1.59. The van der Waals surface area contributed by atoms with Gasteiger partial charge < -0.3 is 10.1 Å². The Hall–Kier alpha value is -0.870. The molecule has 15 heavy (non-hydrogen) atoms. The fourth-order valence-electron chi connectivity index (χ4n) is 1.59. The van der Waals surface area contributed by atoms with Crippen LogP contribution in [0.25, 0.3) is 0 Å². The monoisotopic (exact) mass is 211 g/mol. The second kappa shape index (κ2) is 6.58. The molecule has 0 aliphatic carbocycles. The lowest BCUT2D eigenvalue weighted by Crippen LogP contribution is -2.14. The number of hydrogen-bond donors (Lipinski definition) is 1. The van der Waals surface area contributed by atoms with Crippen molar-refractivity contribution in [2.45, 2.75) is 32.9 Å². The summed E-state index contributed by atoms with van der Waals surface area (Å²) < 4.78 is 7.22. The number of nitrogens with zero attached hydrogens (tertiary/aromatic N) is 2. The highest BCUT2D eigenvalue weighted by atomic mass is 16.5. The summed E-state index contributed by atoms with van der Waals surface area (Å²) >= 11 is 0. The number of aromatic nitrogens is 2. The van der Waals surface area contributed by atoms with Gasteiger partial charge in [0.1, 0.15) is 0 Å². The van der Waals surface area contributed by atoms with Gasteiger partial charge in [-0.1, -0.05) is 6.92 Å². The maximum absolute atomic E-state index is 5.28. The minimum Gasteiger partial charge on any atom is -0.380 e. The van der Waals surface area contributed by atoms with Crippen LogP contribution >= 0.6 is 0 Å². The Labute approximate surface area is 91.6 Å². The summed E-state index contributed by atoms with van der Waals surface area (Å²) in [7, 11) is 1.98. The molecule has 0 spiro atoms. The molecule has 0 aliphatic heterocycles. The van der Waals surface area contributed by atoms with Crippen molar-refractivity contribution in [2.75, 3.05) is 20.3 Å².